The second-order valence-corrected chi connectivity index (χ2v) is 7.47. The van der Waals surface area contributed by atoms with Crippen LogP contribution >= 0.6 is 23.2 Å². The van der Waals surface area contributed by atoms with Gasteiger partial charge in [0.2, 0.25) is 5.91 Å². The SMILES string of the molecule is CN1CCN(C(=O)c2ccccc2NC(=O)C=Cc2ccc(Cl)cc2Cl)CC1. The molecule has 0 bridgehead atoms. The summed E-state index contributed by atoms with van der Waals surface area (Å²) in [6.07, 6.45) is 2.99. The zero-order valence-electron chi connectivity index (χ0n) is 15.5. The largest absolute Gasteiger partial charge is 0.336 e. The molecule has 1 heterocycles. The Morgan fingerprint density at radius 3 is 2.46 bits per heavy atom. The van der Waals surface area contributed by atoms with Gasteiger partial charge in [0, 0.05) is 42.3 Å². The molecule has 1 aliphatic heterocycles. The number of carbonyl (C=O) groups is 2. The number of anilines is 1. The lowest BCUT2D eigenvalue weighted by atomic mass is 10.1. The van der Waals surface area contributed by atoms with Gasteiger partial charge < -0.3 is 15.1 Å². The maximum absolute atomic E-state index is 12.9. The molecule has 28 heavy (non-hydrogen) atoms. The molecule has 0 aliphatic carbocycles. The van der Waals surface area contributed by atoms with E-state index in [4.69, 9.17) is 23.2 Å². The second-order valence-electron chi connectivity index (χ2n) is 6.63. The van der Waals surface area contributed by atoms with E-state index in [0.717, 1.165) is 13.1 Å². The Labute approximate surface area is 174 Å². The van der Waals surface area contributed by atoms with Crippen LogP contribution in [0.15, 0.2) is 48.5 Å². The van der Waals surface area contributed by atoms with Crippen molar-refractivity contribution in [2.75, 3.05) is 38.5 Å². The first kappa shape index (κ1) is 20.4. The first-order valence-corrected chi connectivity index (χ1v) is 9.70. The zero-order chi connectivity index (χ0) is 20.1. The number of piperazine rings is 1. The summed E-state index contributed by atoms with van der Waals surface area (Å²) in [5.74, 6) is -0.418. The van der Waals surface area contributed by atoms with Crippen molar-refractivity contribution in [3.63, 3.8) is 0 Å². The summed E-state index contributed by atoms with van der Waals surface area (Å²) < 4.78 is 0. The number of nitrogens with one attached hydrogen (secondary N) is 1. The van der Waals surface area contributed by atoms with Gasteiger partial charge in [0.15, 0.2) is 0 Å². The summed E-state index contributed by atoms with van der Waals surface area (Å²) in [6.45, 7) is 3.02. The van der Waals surface area contributed by atoms with Gasteiger partial charge in [0.1, 0.15) is 0 Å². The van der Waals surface area contributed by atoms with E-state index in [1.807, 2.05) is 11.9 Å². The van der Waals surface area contributed by atoms with Crippen LogP contribution < -0.4 is 5.32 Å². The highest BCUT2D eigenvalue weighted by molar-refractivity contribution is 6.35. The number of nitrogens with zero attached hydrogens (tertiary/aromatic N) is 2. The number of carbonyl (C=O) groups excluding carboxylic acids is 2. The predicted molar refractivity (Wildman–Crippen MR) is 114 cm³/mol. The summed E-state index contributed by atoms with van der Waals surface area (Å²) in [4.78, 5) is 29.2. The molecule has 1 saturated heterocycles. The molecular weight excluding hydrogens is 397 g/mol. The Balaban J connectivity index is 1.71. The number of benzene rings is 2. The number of likely N-dealkylation sites (N-methyl/N-ethyl adjacent to an activating group) is 1. The van der Waals surface area contributed by atoms with Crippen molar-refractivity contribution < 1.29 is 9.59 Å². The summed E-state index contributed by atoms with van der Waals surface area (Å²) in [7, 11) is 2.04. The highest BCUT2D eigenvalue weighted by Crippen LogP contribution is 2.22. The van der Waals surface area contributed by atoms with Crippen LogP contribution in [0.5, 0.6) is 0 Å². The fourth-order valence-electron chi connectivity index (χ4n) is 2.94. The Morgan fingerprint density at radius 1 is 1.04 bits per heavy atom. The zero-order valence-corrected chi connectivity index (χ0v) is 17.0. The average Bonchev–Trinajstić information content (AvgIpc) is 2.68. The normalized spacial score (nSPS) is 15.0. The van der Waals surface area contributed by atoms with E-state index in [2.05, 4.69) is 10.2 Å². The molecule has 1 aliphatic rings. The molecule has 2 aromatic carbocycles. The van der Waals surface area contributed by atoms with E-state index < -0.39 is 0 Å². The van der Waals surface area contributed by atoms with Crippen molar-refractivity contribution in [2.45, 2.75) is 0 Å². The molecule has 0 spiro atoms. The highest BCUT2D eigenvalue weighted by Gasteiger charge is 2.22. The molecule has 0 aromatic heterocycles. The molecule has 146 valence electrons. The third-order valence-electron chi connectivity index (χ3n) is 4.58. The van der Waals surface area contributed by atoms with E-state index in [-0.39, 0.29) is 11.8 Å². The van der Waals surface area contributed by atoms with Gasteiger partial charge in [-0.2, -0.15) is 0 Å². The Hall–Kier alpha value is -2.34. The van der Waals surface area contributed by atoms with Crippen molar-refractivity contribution in [3.8, 4) is 0 Å². The number of rotatable bonds is 4. The van der Waals surface area contributed by atoms with Crippen LogP contribution in [0, 0.1) is 0 Å². The standard InChI is InChI=1S/C21H21Cl2N3O2/c1-25-10-12-26(13-11-25)21(28)17-4-2-3-5-19(17)24-20(27)9-7-15-6-8-16(22)14-18(15)23/h2-9,14H,10-13H2,1H3,(H,24,27). The van der Waals surface area contributed by atoms with Crippen LogP contribution in [-0.4, -0.2) is 54.8 Å². The monoisotopic (exact) mass is 417 g/mol. The van der Waals surface area contributed by atoms with Crippen LogP contribution in [0.3, 0.4) is 0 Å². The highest BCUT2D eigenvalue weighted by atomic mass is 35.5. The van der Waals surface area contributed by atoms with Crippen LogP contribution in [0.25, 0.3) is 6.08 Å². The molecule has 1 fully saturated rings. The second kappa shape index (κ2) is 9.24. The van der Waals surface area contributed by atoms with Crippen LogP contribution in [0.2, 0.25) is 10.0 Å². The molecule has 3 rings (SSSR count). The lowest BCUT2D eigenvalue weighted by Crippen LogP contribution is -2.47. The van der Waals surface area contributed by atoms with Gasteiger partial charge >= 0.3 is 0 Å². The Bertz CT molecular complexity index is 906. The Morgan fingerprint density at radius 2 is 1.75 bits per heavy atom. The van der Waals surface area contributed by atoms with Gasteiger partial charge in [0.05, 0.1) is 11.3 Å². The lowest BCUT2D eigenvalue weighted by molar-refractivity contribution is -0.111. The smallest absolute Gasteiger partial charge is 0.256 e. The van der Waals surface area contributed by atoms with E-state index in [1.54, 1.807) is 48.5 Å². The molecular formula is C21H21Cl2N3O2. The molecule has 0 unspecified atom stereocenters. The van der Waals surface area contributed by atoms with Gasteiger partial charge in [-0.25, -0.2) is 0 Å². The first-order valence-electron chi connectivity index (χ1n) is 8.95. The van der Waals surface area contributed by atoms with E-state index in [0.29, 0.717) is 39.9 Å². The van der Waals surface area contributed by atoms with Crippen LogP contribution in [0.1, 0.15) is 15.9 Å². The van der Waals surface area contributed by atoms with Crippen molar-refractivity contribution in [2.24, 2.45) is 0 Å². The molecule has 1 N–H and O–H groups in total. The third-order valence-corrected chi connectivity index (χ3v) is 5.15. The fraction of sp³-hybridized carbons (Fsp3) is 0.238. The number of para-hydroxylation sites is 1. The minimum absolute atomic E-state index is 0.0753. The van der Waals surface area contributed by atoms with Gasteiger partial charge in [-0.1, -0.05) is 41.4 Å². The molecule has 0 atom stereocenters. The topological polar surface area (TPSA) is 52.6 Å². The van der Waals surface area contributed by atoms with E-state index >= 15 is 0 Å². The molecule has 7 heteroatoms. The fourth-order valence-corrected chi connectivity index (χ4v) is 3.41. The van der Waals surface area contributed by atoms with Gasteiger partial charge in [-0.15, -0.1) is 0 Å². The van der Waals surface area contributed by atoms with E-state index in [9.17, 15) is 9.59 Å². The Kier molecular flexibility index (Phi) is 6.73. The van der Waals surface area contributed by atoms with Crippen molar-refractivity contribution >= 4 is 46.8 Å². The number of hydrogen-bond acceptors (Lipinski definition) is 3. The van der Waals surface area contributed by atoms with Crippen molar-refractivity contribution in [3.05, 3.63) is 69.7 Å². The summed E-state index contributed by atoms with van der Waals surface area (Å²) in [5, 5.41) is 3.78. The predicted octanol–water partition coefficient (Wildman–Crippen LogP) is 4.03. The third kappa shape index (κ3) is 5.13. The lowest BCUT2D eigenvalue weighted by Gasteiger charge is -2.32. The van der Waals surface area contributed by atoms with Gasteiger partial charge in [-0.3, -0.25) is 9.59 Å². The molecule has 2 amide bonds. The van der Waals surface area contributed by atoms with Crippen LogP contribution in [0.4, 0.5) is 5.69 Å². The summed E-state index contributed by atoms with van der Waals surface area (Å²) >= 11 is 12.0. The van der Waals surface area contributed by atoms with Crippen molar-refractivity contribution in [1.82, 2.24) is 9.80 Å². The molecule has 5 nitrogen and oxygen atoms in total. The molecule has 0 radical (unpaired) electrons. The molecule has 2 aromatic rings. The van der Waals surface area contributed by atoms with Gasteiger partial charge in [0.25, 0.3) is 5.91 Å². The van der Waals surface area contributed by atoms with Crippen LogP contribution in [-0.2, 0) is 4.79 Å². The average molecular weight is 418 g/mol. The summed E-state index contributed by atoms with van der Waals surface area (Å²) in [6, 6.07) is 12.1. The van der Waals surface area contributed by atoms with E-state index in [1.165, 1.54) is 6.08 Å². The first-order chi connectivity index (χ1) is 13.4. The number of hydrogen-bond donors (Lipinski definition) is 1. The minimum atomic E-state index is -0.343. The summed E-state index contributed by atoms with van der Waals surface area (Å²) in [5.41, 5.74) is 1.66. The minimum Gasteiger partial charge on any atom is -0.336 e. The van der Waals surface area contributed by atoms with Crippen molar-refractivity contribution in [1.29, 1.82) is 0 Å². The number of amides is 2. The quantitative estimate of drug-likeness (QED) is 0.763. The number of halogens is 2. The maximum Gasteiger partial charge on any atom is 0.256 e. The molecule has 0 saturated carbocycles. The van der Waals surface area contributed by atoms with Gasteiger partial charge in [-0.05, 0) is 43.0 Å². The maximum atomic E-state index is 12.9.